The van der Waals surface area contributed by atoms with Crippen molar-refractivity contribution < 1.29 is 13.2 Å². The van der Waals surface area contributed by atoms with Crippen molar-refractivity contribution >= 4 is 39.8 Å². The monoisotopic (exact) mass is 543 g/mol. The molecule has 8 heteroatoms. The largest absolute Gasteiger partial charge is 0.493 e. The molecule has 0 heterocycles. The summed E-state index contributed by atoms with van der Waals surface area (Å²) in [5, 5.41) is 6.60. The normalized spacial score (nSPS) is 14.0. The molecule has 2 N–H and O–H groups in total. The van der Waals surface area contributed by atoms with E-state index >= 15 is 0 Å². The van der Waals surface area contributed by atoms with E-state index in [1.165, 1.54) is 19.1 Å². The zero-order valence-corrected chi connectivity index (χ0v) is 20.6. The molecule has 1 aliphatic rings. The van der Waals surface area contributed by atoms with Crippen molar-refractivity contribution in [3.8, 4) is 5.75 Å². The lowest BCUT2D eigenvalue weighted by Gasteiger charge is -2.15. The Balaban J connectivity index is 0.00000320. The molecule has 30 heavy (non-hydrogen) atoms. The SMILES string of the molecule is CN=C(NCc1ccc(CS(C)(=O)=O)cc1)NCc1ccccc1OCC1CC1.I. The molecular formula is C22H30IN3O3S. The Kier molecular flexibility index (Phi) is 9.41. The van der Waals surface area contributed by atoms with Crippen molar-refractivity contribution in [2.75, 3.05) is 19.9 Å². The van der Waals surface area contributed by atoms with Crippen molar-refractivity contribution in [1.82, 2.24) is 10.6 Å². The Labute approximate surface area is 196 Å². The number of hydrogen-bond donors (Lipinski definition) is 2. The number of sulfone groups is 1. The number of rotatable bonds is 9. The van der Waals surface area contributed by atoms with Gasteiger partial charge >= 0.3 is 0 Å². The zero-order valence-electron chi connectivity index (χ0n) is 17.4. The summed E-state index contributed by atoms with van der Waals surface area (Å²) in [4.78, 5) is 4.27. The predicted octanol–water partition coefficient (Wildman–Crippen LogP) is 3.50. The third-order valence-electron chi connectivity index (χ3n) is 4.73. The van der Waals surface area contributed by atoms with Crippen LogP contribution in [-0.4, -0.2) is 34.3 Å². The first kappa shape index (κ1) is 24.5. The van der Waals surface area contributed by atoms with Crippen LogP contribution >= 0.6 is 24.0 Å². The van der Waals surface area contributed by atoms with Crippen LogP contribution in [0.2, 0.25) is 0 Å². The molecule has 2 aromatic carbocycles. The Hall–Kier alpha value is -1.81. The van der Waals surface area contributed by atoms with Crippen molar-refractivity contribution in [1.29, 1.82) is 0 Å². The molecule has 0 bridgehead atoms. The fourth-order valence-corrected chi connectivity index (χ4v) is 3.72. The van der Waals surface area contributed by atoms with Gasteiger partial charge in [0.05, 0.1) is 12.4 Å². The van der Waals surface area contributed by atoms with Crippen LogP contribution in [0.25, 0.3) is 0 Å². The lowest BCUT2D eigenvalue weighted by Crippen LogP contribution is -2.36. The average Bonchev–Trinajstić information content (AvgIpc) is 3.52. The first-order valence-electron chi connectivity index (χ1n) is 9.84. The first-order chi connectivity index (χ1) is 13.9. The molecule has 0 atom stereocenters. The Morgan fingerprint density at radius 1 is 1.03 bits per heavy atom. The summed E-state index contributed by atoms with van der Waals surface area (Å²) < 4.78 is 28.7. The van der Waals surface area contributed by atoms with Crippen LogP contribution in [0.5, 0.6) is 5.75 Å². The molecule has 0 aromatic heterocycles. The molecular weight excluding hydrogens is 513 g/mol. The maximum Gasteiger partial charge on any atom is 0.191 e. The lowest BCUT2D eigenvalue weighted by atomic mass is 10.1. The van der Waals surface area contributed by atoms with Gasteiger partial charge in [0, 0.05) is 32.0 Å². The fourth-order valence-electron chi connectivity index (χ4n) is 2.92. The minimum absolute atomic E-state index is 0. The summed E-state index contributed by atoms with van der Waals surface area (Å²) in [5.41, 5.74) is 2.95. The van der Waals surface area contributed by atoms with Crippen molar-refractivity contribution in [2.45, 2.75) is 31.7 Å². The molecule has 0 amide bonds. The lowest BCUT2D eigenvalue weighted by molar-refractivity contribution is 0.296. The molecule has 0 saturated heterocycles. The second-order valence-corrected chi connectivity index (χ2v) is 9.67. The number of guanidine groups is 1. The summed E-state index contributed by atoms with van der Waals surface area (Å²) in [6.07, 6.45) is 3.78. The number of para-hydroxylation sites is 1. The second kappa shape index (κ2) is 11.5. The molecule has 0 aliphatic heterocycles. The quantitative estimate of drug-likeness (QED) is 0.288. The number of benzene rings is 2. The van der Waals surface area contributed by atoms with Crippen LogP contribution in [-0.2, 0) is 28.7 Å². The molecule has 2 aromatic rings. The van der Waals surface area contributed by atoms with E-state index in [9.17, 15) is 8.42 Å². The Bertz CT molecular complexity index is 942. The third-order valence-corrected chi connectivity index (χ3v) is 5.58. The molecule has 0 radical (unpaired) electrons. The first-order valence-corrected chi connectivity index (χ1v) is 11.9. The van der Waals surface area contributed by atoms with Crippen LogP contribution < -0.4 is 15.4 Å². The van der Waals surface area contributed by atoms with Gasteiger partial charge in [-0.2, -0.15) is 0 Å². The molecule has 3 rings (SSSR count). The topological polar surface area (TPSA) is 79.8 Å². The summed E-state index contributed by atoms with van der Waals surface area (Å²) in [7, 11) is -1.28. The molecule has 164 valence electrons. The van der Waals surface area contributed by atoms with E-state index in [0.717, 1.165) is 29.0 Å². The molecule has 0 unspecified atom stereocenters. The second-order valence-electron chi connectivity index (χ2n) is 7.53. The van der Waals surface area contributed by atoms with E-state index in [2.05, 4.69) is 21.7 Å². The Morgan fingerprint density at radius 3 is 2.30 bits per heavy atom. The molecule has 0 spiro atoms. The van der Waals surface area contributed by atoms with E-state index in [4.69, 9.17) is 4.74 Å². The maximum atomic E-state index is 11.4. The highest BCUT2D eigenvalue weighted by atomic mass is 127. The summed E-state index contributed by atoms with van der Waals surface area (Å²) in [5.74, 6) is 2.40. The minimum Gasteiger partial charge on any atom is -0.493 e. The van der Waals surface area contributed by atoms with Crippen LogP contribution in [0, 0.1) is 5.92 Å². The number of ether oxygens (including phenoxy) is 1. The molecule has 1 fully saturated rings. The zero-order chi connectivity index (χ0) is 20.7. The van der Waals surface area contributed by atoms with E-state index in [-0.39, 0.29) is 29.7 Å². The summed E-state index contributed by atoms with van der Waals surface area (Å²) >= 11 is 0. The van der Waals surface area contributed by atoms with Crippen molar-refractivity contribution in [3.05, 3.63) is 65.2 Å². The molecule has 1 saturated carbocycles. The van der Waals surface area contributed by atoms with Gasteiger partial charge in [-0.1, -0.05) is 42.5 Å². The number of halogens is 1. The minimum atomic E-state index is -3.02. The van der Waals surface area contributed by atoms with Crippen LogP contribution in [0.1, 0.15) is 29.5 Å². The van der Waals surface area contributed by atoms with Gasteiger partial charge in [-0.05, 0) is 36.0 Å². The van der Waals surface area contributed by atoms with Gasteiger partial charge in [-0.15, -0.1) is 24.0 Å². The van der Waals surface area contributed by atoms with Gasteiger partial charge in [-0.3, -0.25) is 4.99 Å². The molecule has 6 nitrogen and oxygen atoms in total. The van der Waals surface area contributed by atoms with E-state index in [0.29, 0.717) is 25.0 Å². The number of aliphatic imine (C=N–C) groups is 1. The third kappa shape index (κ3) is 8.51. The smallest absolute Gasteiger partial charge is 0.191 e. The van der Waals surface area contributed by atoms with Crippen molar-refractivity contribution in [2.24, 2.45) is 10.9 Å². The van der Waals surface area contributed by atoms with Crippen LogP contribution in [0.3, 0.4) is 0 Å². The highest BCUT2D eigenvalue weighted by Gasteiger charge is 2.22. The van der Waals surface area contributed by atoms with Crippen LogP contribution in [0.15, 0.2) is 53.5 Å². The number of nitrogens with one attached hydrogen (secondary N) is 2. The van der Waals surface area contributed by atoms with Gasteiger partial charge in [-0.25, -0.2) is 8.42 Å². The number of nitrogens with zero attached hydrogens (tertiary/aromatic N) is 1. The Morgan fingerprint density at radius 2 is 1.67 bits per heavy atom. The molecule has 1 aliphatic carbocycles. The fraction of sp³-hybridized carbons (Fsp3) is 0.409. The summed E-state index contributed by atoms with van der Waals surface area (Å²) in [6.45, 7) is 2.01. The van der Waals surface area contributed by atoms with Gasteiger partial charge in [0.25, 0.3) is 0 Å². The number of hydrogen-bond acceptors (Lipinski definition) is 4. The standard InChI is InChI=1S/C22H29N3O3S.HI/c1-23-22(24-13-17-7-11-19(12-8-17)16-29(2,26)27)25-14-20-5-3-4-6-21(20)28-15-18-9-10-18;/h3-8,11-12,18H,9-10,13-16H2,1-2H3,(H2,23,24,25);1H. The van der Waals surface area contributed by atoms with Gasteiger partial charge < -0.3 is 15.4 Å². The van der Waals surface area contributed by atoms with E-state index in [1.54, 1.807) is 7.05 Å². The predicted molar refractivity (Wildman–Crippen MR) is 132 cm³/mol. The van der Waals surface area contributed by atoms with Gasteiger partial charge in [0.2, 0.25) is 0 Å². The van der Waals surface area contributed by atoms with E-state index in [1.807, 2.05) is 42.5 Å². The maximum absolute atomic E-state index is 11.4. The van der Waals surface area contributed by atoms with Gasteiger partial charge in [0.15, 0.2) is 15.8 Å². The van der Waals surface area contributed by atoms with Gasteiger partial charge in [0.1, 0.15) is 5.75 Å². The highest BCUT2D eigenvalue weighted by Crippen LogP contribution is 2.30. The van der Waals surface area contributed by atoms with E-state index < -0.39 is 9.84 Å². The average molecular weight is 543 g/mol. The summed E-state index contributed by atoms with van der Waals surface area (Å²) in [6, 6.07) is 15.6. The highest BCUT2D eigenvalue weighted by molar-refractivity contribution is 14.0. The van der Waals surface area contributed by atoms with Crippen LogP contribution in [0.4, 0.5) is 0 Å². The van der Waals surface area contributed by atoms with Crippen molar-refractivity contribution in [3.63, 3.8) is 0 Å².